The largest absolute Gasteiger partial charge is 0.324 e. The molecule has 1 nitrogen and oxygen atoms in total. The monoisotopic (exact) mass is 289 g/mol. The topological polar surface area (TPSA) is 26.0 Å². The van der Waals surface area contributed by atoms with E-state index >= 15 is 0 Å². The van der Waals surface area contributed by atoms with Crippen molar-refractivity contribution in [2.75, 3.05) is 0 Å². The molecule has 2 aromatic rings. The maximum Gasteiger partial charge on any atom is 0.123 e. The van der Waals surface area contributed by atoms with Gasteiger partial charge in [0.15, 0.2) is 0 Å². The molecule has 1 atom stereocenters. The third-order valence-electron chi connectivity index (χ3n) is 3.24. The fraction of sp³-hybridized carbons (Fsp3) is 0.294. The van der Waals surface area contributed by atoms with E-state index in [9.17, 15) is 4.39 Å². The Bertz CT molecular complexity index is 576. The Morgan fingerprint density at radius 1 is 1.00 bits per heavy atom. The Balaban J connectivity index is 2.25. The van der Waals surface area contributed by atoms with Crippen LogP contribution in [0.5, 0.6) is 0 Å². The molecule has 106 valence electrons. The first-order chi connectivity index (χ1) is 9.47. The second-order valence-corrected chi connectivity index (χ2v) is 6.41. The third-order valence-corrected chi connectivity index (χ3v) is 4.34. The van der Waals surface area contributed by atoms with E-state index in [1.165, 1.54) is 17.7 Å². The predicted molar refractivity (Wildman–Crippen MR) is 83.7 cm³/mol. The highest BCUT2D eigenvalue weighted by Crippen LogP contribution is 2.33. The lowest BCUT2D eigenvalue weighted by Gasteiger charge is -2.13. The summed E-state index contributed by atoms with van der Waals surface area (Å²) in [5.74, 6) is 0.288. The lowest BCUT2D eigenvalue weighted by Crippen LogP contribution is -2.06. The molecule has 0 amide bonds. The van der Waals surface area contributed by atoms with Crippen LogP contribution in [-0.2, 0) is 0 Å². The number of hydrogen-bond donors (Lipinski definition) is 1. The van der Waals surface area contributed by atoms with E-state index in [1.54, 1.807) is 17.8 Å². The molecule has 0 aromatic heterocycles. The highest BCUT2D eigenvalue weighted by atomic mass is 32.2. The second-order valence-electron chi connectivity index (χ2n) is 5.30. The lowest BCUT2D eigenvalue weighted by atomic mass is 10.0. The molecular formula is C17H20FNS. The Morgan fingerprint density at radius 3 is 2.20 bits per heavy atom. The quantitative estimate of drug-likeness (QED) is 0.845. The van der Waals surface area contributed by atoms with Crippen LogP contribution in [0.1, 0.15) is 43.9 Å². The number of hydrogen-bond acceptors (Lipinski definition) is 2. The lowest BCUT2D eigenvalue weighted by molar-refractivity contribution is 0.619. The van der Waals surface area contributed by atoms with Crippen molar-refractivity contribution in [3.05, 3.63) is 59.4 Å². The summed E-state index contributed by atoms with van der Waals surface area (Å²) in [6.07, 6.45) is 0. The zero-order valence-electron chi connectivity index (χ0n) is 12.1. The Kier molecular flexibility index (Phi) is 4.84. The first-order valence-electron chi connectivity index (χ1n) is 6.80. The average Bonchev–Trinajstić information content (AvgIpc) is 2.41. The number of rotatable bonds is 4. The van der Waals surface area contributed by atoms with Crippen molar-refractivity contribution in [1.29, 1.82) is 0 Å². The van der Waals surface area contributed by atoms with Crippen molar-refractivity contribution < 1.29 is 4.39 Å². The third kappa shape index (κ3) is 3.62. The molecule has 0 spiro atoms. The summed E-state index contributed by atoms with van der Waals surface area (Å²) < 4.78 is 13.3. The zero-order valence-corrected chi connectivity index (χ0v) is 12.9. The predicted octanol–water partition coefficient (Wildman–Crippen LogP) is 5.12. The summed E-state index contributed by atoms with van der Waals surface area (Å²) in [5.41, 5.74) is 8.09. The molecule has 0 aliphatic carbocycles. The van der Waals surface area contributed by atoms with Crippen LogP contribution >= 0.6 is 11.8 Å². The van der Waals surface area contributed by atoms with Gasteiger partial charge in [-0.25, -0.2) is 4.39 Å². The van der Waals surface area contributed by atoms with E-state index < -0.39 is 0 Å². The maximum absolute atomic E-state index is 13.3. The van der Waals surface area contributed by atoms with Gasteiger partial charge < -0.3 is 5.73 Å². The van der Waals surface area contributed by atoms with E-state index in [0.717, 1.165) is 15.4 Å². The first kappa shape index (κ1) is 15.1. The minimum Gasteiger partial charge on any atom is -0.324 e. The standard InChI is InChI=1S/C17H20FNS/c1-11(2)13-4-7-15(8-5-13)20-17-9-6-14(18)10-16(17)12(3)19/h4-12H,19H2,1-3H3/t12-/m0/s1. The first-order valence-corrected chi connectivity index (χ1v) is 7.62. The fourth-order valence-electron chi connectivity index (χ4n) is 2.02. The Hall–Kier alpha value is -1.32. The zero-order chi connectivity index (χ0) is 14.7. The van der Waals surface area contributed by atoms with Gasteiger partial charge in [0.1, 0.15) is 5.82 Å². The summed E-state index contributed by atoms with van der Waals surface area (Å²) in [5, 5.41) is 0. The molecule has 0 aliphatic rings. The molecule has 0 aliphatic heterocycles. The summed E-state index contributed by atoms with van der Waals surface area (Å²) in [6.45, 7) is 6.23. The van der Waals surface area contributed by atoms with Crippen LogP contribution in [0.25, 0.3) is 0 Å². The molecule has 0 unspecified atom stereocenters. The number of nitrogens with two attached hydrogens (primary N) is 1. The van der Waals surface area contributed by atoms with E-state index in [1.807, 2.05) is 6.92 Å². The minimum absolute atomic E-state index is 0.178. The highest BCUT2D eigenvalue weighted by molar-refractivity contribution is 7.99. The van der Waals surface area contributed by atoms with Crippen molar-refractivity contribution >= 4 is 11.8 Å². The van der Waals surface area contributed by atoms with Gasteiger partial charge in [0.05, 0.1) is 0 Å². The average molecular weight is 289 g/mol. The van der Waals surface area contributed by atoms with Crippen LogP contribution in [0.3, 0.4) is 0 Å². The van der Waals surface area contributed by atoms with Crippen LogP contribution in [0.4, 0.5) is 4.39 Å². The van der Waals surface area contributed by atoms with Gasteiger partial charge in [-0.2, -0.15) is 0 Å². The molecule has 0 saturated carbocycles. The number of benzene rings is 2. The molecule has 2 aromatic carbocycles. The van der Waals surface area contributed by atoms with E-state index in [2.05, 4.69) is 38.1 Å². The highest BCUT2D eigenvalue weighted by Gasteiger charge is 2.10. The van der Waals surface area contributed by atoms with Gasteiger partial charge in [0.25, 0.3) is 0 Å². The van der Waals surface area contributed by atoms with Gasteiger partial charge in [-0.05, 0) is 54.3 Å². The normalized spacial score (nSPS) is 12.7. The Morgan fingerprint density at radius 2 is 1.65 bits per heavy atom. The molecule has 0 bridgehead atoms. The summed E-state index contributed by atoms with van der Waals surface area (Å²) >= 11 is 1.63. The van der Waals surface area contributed by atoms with Crippen LogP contribution in [0.2, 0.25) is 0 Å². The Labute approximate surface area is 124 Å². The van der Waals surface area contributed by atoms with Gasteiger partial charge in [-0.1, -0.05) is 37.7 Å². The molecule has 0 fully saturated rings. The molecule has 2 N–H and O–H groups in total. The summed E-state index contributed by atoms with van der Waals surface area (Å²) in [4.78, 5) is 2.15. The number of halogens is 1. The van der Waals surface area contributed by atoms with Crippen LogP contribution < -0.4 is 5.73 Å². The molecule has 0 radical (unpaired) electrons. The van der Waals surface area contributed by atoms with Crippen molar-refractivity contribution in [3.63, 3.8) is 0 Å². The molecule has 20 heavy (non-hydrogen) atoms. The summed E-state index contributed by atoms with van der Waals surface area (Å²) in [7, 11) is 0. The summed E-state index contributed by atoms with van der Waals surface area (Å²) in [6, 6.07) is 13.1. The smallest absolute Gasteiger partial charge is 0.123 e. The van der Waals surface area contributed by atoms with Crippen molar-refractivity contribution in [2.24, 2.45) is 5.73 Å². The van der Waals surface area contributed by atoms with Crippen molar-refractivity contribution in [3.8, 4) is 0 Å². The second kappa shape index (κ2) is 6.42. The molecule has 0 heterocycles. The van der Waals surface area contributed by atoms with Gasteiger partial charge in [-0.3, -0.25) is 0 Å². The van der Waals surface area contributed by atoms with Gasteiger partial charge >= 0.3 is 0 Å². The molecule has 0 saturated heterocycles. The van der Waals surface area contributed by atoms with Gasteiger partial charge in [0.2, 0.25) is 0 Å². The van der Waals surface area contributed by atoms with Gasteiger partial charge in [0, 0.05) is 15.8 Å². The minimum atomic E-state index is -0.239. The molecule has 3 heteroatoms. The SMILES string of the molecule is CC(C)c1ccc(Sc2ccc(F)cc2[C@H](C)N)cc1. The van der Waals surface area contributed by atoms with Crippen molar-refractivity contribution in [1.82, 2.24) is 0 Å². The fourth-order valence-corrected chi connectivity index (χ4v) is 3.04. The van der Waals surface area contributed by atoms with Crippen LogP contribution in [0.15, 0.2) is 52.3 Å². The van der Waals surface area contributed by atoms with E-state index in [-0.39, 0.29) is 11.9 Å². The van der Waals surface area contributed by atoms with Crippen LogP contribution in [0, 0.1) is 5.82 Å². The maximum atomic E-state index is 13.3. The van der Waals surface area contributed by atoms with E-state index in [4.69, 9.17) is 5.73 Å². The van der Waals surface area contributed by atoms with E-state index in [0.29, 0.717) is 5.92 Å². The molecular weight excluding hydrogens is 269 g/mol. The van der Waals surface area contributed by atoms with Gasteiger partial charge in [-0.15, -0.1) is 0 Å². The van der Waals surface area contributed by atoms with Crippen molar-refractivity contribution in [2.45, 2.75) is 42.5 Å². The molecule has 2 rings (SSSR count). The van der Waals surface area contributed by atoms with Crippen LogP contribution in [-0.4, -0.2) is 0 Å².